The van der Waals surface area contributed by atoms with Gasteiger partial charge < -0.3 is 10.4 Å². The van der Waals surface area contributed by atoms with Gasteiger partial charge in [0.25, 0.3) is 0 Å². The van der Waals surface area contributed by atoms with Gasteiger partial charge in [-0.1, -0.05) is 47.8 Å². The molecule has 0 spiro atoms. The summed E-state index contributed by atoms with van der Waals surface area (Å²) in [6.07, 6.45) is 7.40. The molecule has 2 aliphatic carbocycles. The number of benzene rings is 1. The Kier molecular flexibility index (Phi) is 4.49. The number of halogens is 2. The molecule has 0 heterocycles. The monoisotopic (exact) mass is 339 g/mol. The fourth-order valence-electron chi connectivity index (χ4n) is 3.29. The molecule has 1 aromatic rings. The third-order valence-electron chi connectivity index (χ3n) is 4.84. The Bertz CT molecular complexity index is 611. The molecular weight excluding hydrogens is 321 g/mol. The van der Waals surface area contributed by atoms with Crippen LogP contribution in [0.5, 0.6) is 0 Å². The first-order valence-electron chi connectivity index (χ1n) is 7.61. The van der Waals surface area contributed by atoms with Crippen LogP contribution in [0.1, 0.15) is 31.2 Å². The largest absolute Gasteiger partial charge is 0.396 e. The maximum Gasteiger partial charge on any atom is 0.231 e. The lowest BCUT2D eigenvalue weighted by Gasteiger charge is -2.41. The Morgan fingerprint density at radius 1 is 1.27 bits per heavy atom. The number of carbonyl (C=O) groups is 1. The van der Waals surface area contributed by atoms with Crippen molar-refractivity contribution in [3.8, 4) is 0 Å². The Labute approximate surface area is 140 Å². The van der Waals surface area contributed by atoms with Crippen molar-refractivity contribution in [1.82, 2.24) is 5.32 Å². The van der Waals surface area contributed by atoms with E-state index in [1.54, 1.807) is 6.07 Å². The highest BCUT2D eigenvalue weighted by Crippen LogP contribution is 2.45. The number of rotatable bonds is 4. The molecule has 0 unspecified atom stereocenters. The number of aliphatic hydroxyl groups is 1. The number of hydrogen-bond donors (Lipinski definition) is 2. The molecule has 0 aliphatic heterocycles. The quantitative estimate of drug-likeness (QED) is 0.825. The van der Waals surface area contributed by atoms with Crippen LogP contribution < -0.4 is 5.32 Å². The van der Waals surface area contributed by atoms with Crippen LogP contribution in [0.15, 0.2) is 30.4 Å². The third-order valence-corrected chi connectivity index (χ3v) is 5.58. The zero-order valence-corrected chi connectivity index (χ0v) is 13.7. The van der Waals surface area contributed by atoms with Gasteiger partial charge in [-0.15, -0.1) is 0 Å². The van der Waals surface area contributed by atoms with Crippen LogP contribution in [-0.2, 0) is 10.2 Å². The van der Waals surface area contributed by atoms with E-state index in [0.29, 0.717) is 10.0 Å². The normalized spacial score (nSPS) is 25.8. The molecule has 1 fully saturated rings. The first-order valence-corrected chi connectivity index (χ1v) is 8.36. The van der Waals surface area contributed by atoms with Crippen molar-refractivity contribution in [1.29, 1.82) is 0 Å². The number of amides is 1. The fraction of sp³-hybridized carbons (Fsp3) is 0.471. The van der Waals surface area contributed by atoms with Crippen LogP contribution in [0.2, 0.25) is 10.0 Å². The molecule has 0 saturated heterocycles. The van der Waals surface area contributed by atoms with Crippen molar-refractivity contribution in [2.45, 2.75) is 37.1 Å². The van der Waals surface area contributed by atoms with Crippen LogP contribution in [0, 0.1) is 5.92 Å². The molecule has 0 bridgehead atoms. The average Bonchev–Trinajstić information content (AvgIpc) is 2.89. The van der Waals surface area contributed by atoms with E-state index in [2.05, 4.69) is 5.32 Å². The number of carbonyl (C=O) groups excluding carboxylic acids is 1. The summed E-state index contributed by atoms with van der Waals surface area (Å²) in [5.41, 5.74) is 0.450. The summed E-state index contributed by atoms with van der Waals surface area (Å²) in [4.78, 5) is 12.8. The summed E-state index contributed by atoms with van der Waals surface area (Å²) in [6.45, 7) is 0.126. The molecule has 2 N–H and O–H groups in total. The molecule has 5 heteroatoms. The standard InChI is InChI=1S/C17H19Cl2NO2/c18-14-5-3-12(9-15(14)19)17(6-1-7-17)16(22)20-13-4-2-11(8-13)10-21/h2-5,9,11,13,21H,1,6-8,10H2,(H,20,22)/t11-,13+/m0/s1. The third kappa shape index (κ3) is 2.78. The molecule has 118 valence electrons. The summed E-state index contributed by atoms with van der Waals surface area (Å²) in [7, 11) is 0. The topological polar surface area (TPSA) is 49.3 Å². The fourth-order valence-corrected chi connectivity index (χ4v) is 3.59. The smallest absolute Gasteiger partial charge is 0.231 e. The van der Waals surface area contributed by atoms with Crippen LogP contribution >= 0.6 is 23.2 Å². The number of aliphatic hydroxyl groups excluding tert-OH is 1. The molecule has 1 aromatic carbocycles. The van der Waals surface area contributed by atoms with Gasteiger partial charge >= 0.3 is 0 Å². The molecule has 0 aromatic heterocycles. The minimum Gasteiger partial charge on any atom is -0.396 e. The van der Waals surface area contributed by atoms with Gasteiger partial charge in [0.1, 0.15) is 0 Å². The number of hydrogen-bond acceptors (Lipinski definition) is 2. The van der Waals surface area contributed by atoms with E-state index in [9.17, 15) is 9.90 Å². The zero-order valence-electron chi connectivity index (χ0n) is 12.2. The second-order valence-electron chi connectivity index (χ2n) is 6.21. The molecule has 0 radical (unpaired) electrons. The minimum absolute atomic E-state index is 0.00453. The highest BCUT2D eigenvalue weighted by molar-refractivity contribution is 6.42. The summed E-state index contributed by atoms with van der Waals surface area (Å²) < 4.78 is 0. The Morgan fingerprint density at radius 2 is 2.05 bits per heavy atom. The first kappa shape index (κ1) is 15.9. The van der Waals surface area contributed by atoms with Gasteiger partial charge in [0, 0.05) is 18.6 Å². The number of nitrogens with one attached hydrogen (secondary N) is 1. The summed E-state index contributed by atoms with van der Waals surface area (Å²) in [6, 6.07) is 5.46. The first-order chi connectivity index (χ1) is 10.5. The molecule has 1 amide bonds. The van der Waals surface area contributed by atoms with E-state index < -0.39 is 5.41 Å². The van der Waals surface area contributed by atoms with Crippen LogP contribution in [0.3, 0.4) is 0 Å². The molecule has 2 aliphatic rings. The second-order valence-corrected chi connectivity index (χ2v) is 7.02. The summed E-state index contributed by atoms with van der Waals surface area (Å²) >= 11 is 12.1. The molecule has 1 saturated carbocycles. The highest BCUT2D eigenvalue weighted by atomic mass is 35.5. The van der Waals surface area contributed by atoms with E-state index in [-0.39, 0.29) is 24.5 Å². The minimum atomic E-state index is -0.487. The van der Waals surface area contributed by atoms with Crippen LogP contribution in [0.4, 0.5) is 0 Å². The second kappa shape index (κ2) is 6.23. The van der Waals surface area contributed by atoms with Crippen LogP contribution in [0.25, 0.3) is 0 Å². The SMILES string of the molecule is O=C(N[C@@H]1C=C[C@H](CO)C1)C1(c2ccc(Cl)c(Cl)c2)CCC1. The van der Waals surface area contributed by atoms with Crippen molar-refractivity contribution in [3.63, 3.8) is 0 Å². The van der Waals surface area contributed by atoms with Gasteiger partial charge in [-0.3, -0.25) is 4.79 Å². The molecule has 3 rings (SSSR count). The van der Waals surface area contributed by atoms with Gasteiger partial charge in [-0.25, -0.2) is 0 Å². The van der Waals surface area contributed by atoms with Crippen molar-refractivity contribution in [3.05, 3.63) is 46.0 Å². The Hall–Kier alpha value is -1.03. The Morgan fingerprint density at radius 3 is 2.59 bits per heavy atom. The van der Waals surface area contributed by atoms with Crippen molar-refractivity contribution < 1.29 is 9.90 Å². The highest BCUT2D eigenvalue weighted by Gasteiger charge is 2.46. The molecular formula is C17H19Cl2NO2. The molecule has 3 nitrogen and oxygen atoms in total. The lowest BCUT2D eigenvalue weighted by atomic mass is 9.63. The van der Waals surface area contributed by atoms with Gasteiger partial charge in [-0.2, -0.15) is 0 Å². The van der Waals surface area contributed by atoms with Crippen molar-refractivity contribution >= 4 is 29.1 Å². The van der Waals surface area contributed by atoms with Gasteiger partial charge in [0.15, 0.2) is 0 Å². The zero-order chi connectivity index (χ0) is 15.7. The lowest BCUT2D eigenvalue weighted by molar-refractivity contribution is -0.130. The molecule has 2 atom stereocenters. The maximum absolute atomic E-state index is 12.8. The average molecular weight is 340 g/mol. The lowest BCUT2D eigenvalue weighted by Crippen LogP contribution is -2.51. The van der Waals surface area contributed by atoms with Crippen molar-refractivity contribution in [2.24, 2.45) is 5.92 Å². The van der Waals surface area contributed by atoms with Crippen molar-refractivity contribution in [2.75, 3.05) is 6.61 Å². The predicted octanol–water partition coefficient (Wildman–Crippen LogP) is 3.47. The van der Waals surface area contributed by atoms with E-state index in [4.69, 9.17) is 23.2 Å². The predicted molar refractivity (Wildman–Crippen MR) is 88.3 cm³/mol. The maximum atomic E-state index is 12.8. The van der Waals surface area contributed by atoms with E-state index in [0.717, 1.165) is 31.2 Å². The van der Waals surface area contributed by atoms with E-state index in [1.807, 2.05) is 24.3 Å². The van der Waals surface area contributed by atoms with E-state index in [1.165, 1.54) is 0 Å². The van der Waals surface area contributed by atoms with Gasteiger partial charge in [-0.05, 0) is 37.0 Å². The van der Waals surface area contributed by atoms with Gasteiger partial charge in [0.2, 0.25) is 5.91 Å². The molecule has 22 heavy (non-hydrogen) atoms. The summed E-state index contributed by atoms with van der Waals surface area (Å²) in [5, 5.41) is 13.3. The van der Waals surface area contributed by atoms with Gasteiger partial charge in [0.05, 0.1) is 15.5 Å². The Balaban J connectivity index is 1.76. The summed E-state index contributed by atoms with van der Waals surface area (Å²) in [5.74, 6) is 0.193. The van der Waals surface area contributed by atoms with E-state index >= 15 is 0 Å². The van der Waals surface area contributed by atoms with Crippen LogP contribution in [-0.4, -0.2) is 23.7 Å².